The van der Waals surface area contributed by atoms with Gasteiger partial charge in [-0.15, -0.1) is 0 Å². The van der Waals surface area contributed by atoms with Crippen molar-refractivity contribution in [2.45, 2.75) is 12.5 Å². The maximum absolute atomic E-state index is 10.1. The van der Waals surface area contributed by atoms with Crippen LogP contribution in [0.2, 0.25) is 10.0 Å². The molecule has 0 aliphatic rings. The van der Waals surface area contributed by atoms with Crippen LogP contribution in [-0.2, 0) is 6.42 Å². The van der Waals surface area contributed by atoms with Crippen molar-refractivity contribution < 1.29 is 9.52 Å². The zero-order valence-electron chi connectivity index (χ0n) is 8.66. The zero-order chi connectivity index (χ0) is 12.4. The lowest BCUT2D eigenvalue weighted by Gasteiger charge is -2.11. The summed E-state index contributed by atoms with van der Waals surface area (Å²) >= 11 is 15.2. The van der Waals surface area contributed by atoms with E-state index >= 15 is 0 Å². The van der Waals surface area contributed by atoms with Gasteiger partial charge in [-0.25, -0.2) is 0 Å². The fourth-order valence-corrected chi connectivity index (χ4v) is 2.47. The Morgan fingerprint density at radius 1 is 1.29 bits per heavy atom. The fraction of sp³-hybridized carbons (Fsp3) is 0.167. The first-order chi connectivity index (χ1) is 8.09. The summed E-state index contributed by atoms with van der Waals surface area (Å²) in [4.78, 5) is 0. The van der Waals surface area contributed by atoms with Gasteiger partial charge in [-0.2, -0.15) is 0 Å². The van der Waals surface area contributed by atoms with Gasteiger partial charge in [0.25, 0.3) is 0 Å². The minimum Gasteiger partial charge on any atom is -0.457 e. The topological polar surface area (TPSA) is 33.4 Å². The van der Waals surface area contributed by atoms with Crippen LogP contribution in [0.25, 0.3) is 0 Å². The third-order valence-electron chi connectivity index (χ3n) is 2.45. The molecule has 0 radical (unpaired) electrons. The Balaban J connectivity index is 2.22. The molecule has 1 aromatic carbocycles. The quantitative estimate of drug-likeness (QED) is 0.887. The summed E-state index contributed by atoms with van der Waals surface area (Å²) in [5, 5.41) is 11.0. The average molecular weight is 336 g/mol. The first kappa shape index (κ1) is 13.0. The Kier molecular flexibility index (Phi) is 4.15. The molecule has 1 unspecified atom stereocenters. The van der Waals surface area contributed by atoms with E-state index in [4.69, 9.17) is 27.6 Å². The summed E-state index contributed by atoms with van der Waals surface area (Å²) in [6, 6.07) is 7.08. The molecule has 2 nitrogen and oxygen atoms in total. The second-order valence-electron chi connectivity index (χ2n) is 3.58. The molecule has 0 saturated carbocycles. The summed E-state index contributed by atoms with van der Waals surface area (Å²) in [5.41, 5.74) is 1.50. The highest BCUT2D eigenvalue weighted by atomic mass is 79.9. The van der Waals surface area contributed by atoms with Crippen LogP contribution < -0.4 is 0 Å². The molecule has 5 heteroatoms. The van der Waals surface area contributed by atoms with Crippen molar-refractivity contribution in [3.63, 3.8) is 0 Å². The van der Waals surface area contributed by atoms with E-state index in [0.717, 1.165) is 5.56 Å². The highest BCUT2D eigenvalue weighted by Gasteiger charge is 2.16. The van der Waals surface area contributed by atoms with Gasteiger partial charge in [-0.05, 0) is 33.6 Å². The van der Waals surface area contributed by atoms with Crippen LogP contribution >= 0.6 is 39.1 Å². The third kappa shape index (κ3) is 2.86. The maximum Gasteiger partial charge on any atom is 0.174 e. The van der Waals surface area contributed by atoms with Crippen LogP contribution in [0, 0.1) is 0 Å². The van der Waals surface area contributed by atoms with E-state index < -0.39 is 6.10 Å². The number of furan rings is 1. The first-order valence-electron chi connectivity index (χ1n) is 4.93. The number of aliphatic hydroxyl groups is 1. The van der Waals surface area contributed by atoms with Gasteiger partial charge in [-0.1, -0.05) is 35.3 Å². The summed E-state index contributed by atoms with van der Waals surface area (Å²) in [6.07, 6.45) is 1.22. The van der Waals surface area contributed by atoms with E-state index in [9.17, 15) is 5.11 Å². The minimum absolute atomic E-state index is 0.386. The normalized spacial score (nSPS) is 12.7. The Labute approximate surface area is 117 Å². The summed E-state index contributed by atoms with van der Waals surface area (Å²) in [7, 11) is 0. The number of halogens is 3. The Morgan fingerprint density at radius 2 is 2.06 bits per heavy atom. The van der Waals surface area contributed by atoms with Gasteiger partial charge in [-0.3, -0.25) is 0 Å². The lowest BCUT2D eigenvalue weighted by atomic mass is 10.0. The first-order valence-corrected chi connectivity index (χ1v) is 6.48. The van der Waals surface area contributed by atoms with Crippen LogP contribution in [0.3, 0.4) is 0 Å². The molecular formula is C12H9BrCl2O2. The van der Waals surface area contributed by atoms with Crippen LogP contribution in [-0.4, -0.2) is 5.11 Å². The van der Waals surface area contributed by atoms with E-state index in [2.05, 4.69) is 15.9 Å². The predicted octanol–water partition coefficient (Wildman–Crippen LogP) is 4.63. The summed E-state index contributed by atoms with van der Waals surface area (Å²) in [5.74, 6) is 0. The van der Waals surface area contributed by atoms with Crippen molar-refractivity contribution in [3.8, 4) is 0 Å². The fourth-order valence-electron chi connectivity index (χ4n) is 1.57. The maximum atomic E-state index is 10.1. The summed E-state index contributed by atoms with van der Waals surface area (Å²) in [6.45, 7) is 0. The van der Waals surface area contributed by atoms with Crippen molar-refractivity contribution in [3.05, 3.63) is 56.4 Å². The molecule has 1 heterocycles. The van der Waals surface area contributed by atoms with Crippen molar-refractivity contribution in [1.82, 2.24) is 0 Å². The molecule has 1 N–H and O–H groups in total. The predicted molar refractivity (Wildman–Crippen MR) is 71.5 cm³/mol. The van der Waals surface area contributed by atoms with E-state index in [1.807, 2.05) is 6.07 Å². The molecule has 0 saturated heterocycles. The van der Waals surface area contributed by atoms with Crippen LogP contribution in [0.15, 0.2) is 39.6 Å². The lowest BCUT2D eigenvalue weighted by molar-refractivity contribution is 0.176. The van der Waals surface area contributed by atoms with Gasteiger partial charge >= 0.3 is 0 Å². The zero-order valence-corrected chi connectivity index (χ0v) is 11.8. The molecule has 2 rings (SSSR count). The van der Waals surface area contributed by atoms with Gasteiger partial charge < -0.3 is 9.52 Å². The Bertz CT molecular complexity index is 525. The lowest BCUT2D eigenvalue weighted by Crippen LogP contribution is -2.01. The number of benzene rings is 1. The van der Waals surface area contributed by atoms with Crippen molar-refractivity contribution in [1.29, 1.82) is 0 Å². The standard InChI is InChI=1S/C12H9BrCl2O2/c13-12-8(4-5-17-12)10(16)6-7-2-1-3-9(14)11(7)15/h1-5,10,16H,6H2. The monoisotopic (exact) mass is 334 g/mol. The molecule has 0 bridgehead atoms. The smallest absolute Gasteiger partial charge is 0.174 e. The van der Waals surface area contributed by atoms with E-state index in [0.29, 0.717) is 26.7 Å². The molecule has 0 amide bonds. The molecule has 0 fully saturated rings. The van der Waals surface area contributed by atoms with Gasteiger partial charge in [0, 0.05) is 12.0 Å². The second-order valence-corrected chi connectivity index (χ2v) is 5.09. The van der Waals surface area contributed by atoms with Gasteiger partial charge in [0.05, 0.1) is 22.4 Å². The van der Waals surface area contributed by atoms with Gasteiger partial charge in [0.15, 0.2) is 4.67 Å². The molecule has 0 aliphatic carbocycles. The van der Waals surface area contributed by atoms with E-state index in [1.54, 1.807) is 18.2 Å². The largest absolute Gasteiger partial charge is 0.457 e. The van der Waals surface area contributed by atoms with E-state index in [1.165, 1.54) is 6.26 Å². The SMILES string of the molecule is OC(Cc1cccc(Cl)c1Cl)c1ccoc1Br. The highest BCUT2D eigenvalue weighted by molar-refractivity contribution is 9.10. The highest BCUT2D eigenvalue weighted by Crippen LogP contribution is 2.31. The molecule has 1 atom stereocenters. The molecule has 0 aliphatic heterocycles. The van der Waals surface area contributed by atoms with Crippen molar-refractivity contribution in [2.24, 2.45) is 0 Å². The van der Waals surface area contributed by atoms with Crippen LogP contribution in [0.4, 0.5) is 0 Å². The molecular weight excluding hydrogens is 327 g/mol. The molecule has 2 aromatic rings. The third-order valence-corrected chi connectivity index (χ3v) is 3.95. The van der Waals surface area contributed by atoms with Crippen molar-refractivity contribution in [2.75, 3.05) is 0 Å². The number of hydrogen-bond donors (Lipinski definition) is 1. The average Bonchev–Trinajstić information content (AvgIpc) is 2.71. The second kappa shape index (κ2) is 5.44. The number of rotatable bonds is 3. The molecule has 90 valence electrons. The van der Waals surface area contributed by atoms with Gasteiger partial charge in [0.2, 0.25) is 0 Å². The van der Waals surface area contributed by atoms with Gasteiger partial charge in [0.1, 0.15) is 0 Å². The number of hydrogen-bond acceptors (Lipinski definition) is 2. The molecule has 0 spiro atoms. The Morgan fingerprint density at radius 3 is 2.71 bits per heavy atom. The number of aliphatic hydroxyl groups excluding tert-OH is 1. The molecule has 1 aromatic heterocycles. The van der Waals surface area contributed by atoms with Crippen LogP contribution in [0.5, 0.6) is 0 Å². The summed E-state index contributed by atoms with van der Waals surface area (Å²) < 4.78 is 5.61. The molecule has 17 heavy (non-hydrogen) atoms. The van der Waals surface area contributed by atoms with Crippen molar-refractivity contribution >= 4 is 39.1 Å². The van der Waals surface area contributed by atoms with Crippen LogP contribution in [0.1, 0.15) is 17.2 Å². The minimum atomic E-state index is -0.681. The Hall–Kier alpha value is -0.480. The van der Waals surface area contributed by atoms with E-state index in [-0.39, 0.29) is 0 Å².